The minimum Gasteiger partial charge on any atom is -0.303 e. The molecule has 0 aliphatic carbocycles. The number of hydrogen-bond donors (Lipinski definition) is 0. The van der Waals surface area contributed by atoms with E-state index in [9.17, 15) is 0 Å². The van der Waals surface area contributed by atoms with E-state index >= 15 is 0 Å². The first-order chi connectivity index (χ1) is 8.63. The molecular formula is C17H35N. The average molecular weight is 253 g/mol. The molecule has 0 spiro atoms. The Morgan fingerprint density at radius 2 is 1.22 bits per heavy atom. The van der Waals surface area contributed by atoms with E-state index in [0.29, 0.717) is 0 Å². The van der Waals surface area contributed by atoms with Gasteiger partial charge in [-0.25, -0.2) is 0 Å². The van der Waals surface area contributed by atoms with Crippen molar-refractivity contribution in [3.05, 3.63) is 0 Å². The van der Waals surface area contributed by atoms with Gasteiger partial charge in [0.1, 0.15) is 0 Å². The largest absolute Gasteiger partial charge is 0.303 e. The summed E-state index contributed by atoms with van der Waals surface area (Å²) in [5.74, 6) is 1.71. The van der Waals surface area contributed by atoms with Gasteiger partial charge in [-0.3, -0.25) is 0 Å². The number of rotatable bonds is 0. The van der Waals surface area contributed by atoms with Gasteiger partial charge in [0.2, 0.25) is 0 Å². The van der Waals surface area contributed by atoms with Gasteiger partial charge in [0, 0.05) is 6.04 Å². The number of hydrogen-bond acceptors (Lipinski definition) is 1. The molecule has 1 heterocycles. The molecule has 0 aromatic carbocycles. The summed E-state index contributed by atoms with van der Waals surface area (Å²) in [4.78, 5) is 2.59. The van der Waals surface area contributed by atoms with E-state index in [1.165, 1.54) is 64.3 Å². The van der Waals surface area contributed by atoms with Crippen LogP contribution in [0, 0.1) is 11.8 Å². The highest BCUT2D eigenvalue weighted by Crippen LogP contribution is 2.25. The zero-order chi connectivity index (χ0) is 13.4. The van der Waals surface area contributed by atoms with Gasteiger partial charge in [-0.15, -0.1) is 0 Å². The fraction of sp³-hybridized carbons (Fsp3) is 1.00. The standard InChI is InChI=1S/C17H35N/c1-15-13-11-9-7-5-6-8-10-12-14-18(4)17(3)16(15)2/h15-17H,5-14H2,1-4H3. The van der Waals surface area contributed by atoms with Crippen molar-refractivity contribution in [2.45, 2.75) is 84.6 Å². The van der Waals surface area contributed by atoms with Crippen molar-refractivity contribution in [2.24, 2.45) is 11.8 Å². The van der Waals surface area contributed by atoms with Crippen LogP contribution in [0.2, 0.25) is 0 Å². The minimum atomic E-state index is 0.739. The van der Waals surface area contributed by atoms with Gasteiger partial charge in [-0.2, -0.15) is 0 Å². The first-order valence-corrected chi connectivity index (χ1v) is 8.33. The first kappa shape index (κ1) is 16.0. The Balaban J connectivity index is 2.45. The minimum absolute atomic E-state index is 0.739. The predicted molar refractivity (Wildman–Crippen MR) is 82.0 cm³/mol. The van der Waals surface area contributed by atoms with E-state index in [0.717, 1.165) is 17.9 Å². The molecule has 0 radical (unpaired) electrons. The van der Waals surface area contributed by atoms with Gasteiger partial charge in [-0.05, 0) is 38.8 Å². The first-order valence-electron chi connectivity index (χ1n) is 8.33. The summed E-state index contributed by atoms with van der Waals surface area (Å²) in [6, 6.07) is 0.739. The monoisotopic (exact) mass is 253 g/mol. The topological polar surface area (TPSA) is 3.24 Å². The summed E-state index contributed by atoms with van der Waals surface area (Å²) >= 11 is 0. The zero-order valence-corrected chi connectivity index (χ0v) is 13.3. The molecular weight excluding hydrogens is 218 g/mol. The maximum atomic E-state index is 2.59. The lowest BCUT2D eigenvalue weighted by Crippen LogP contribution is -2.37. The Morgan fingerprint density at radius 1 is 0.722 bits per heavy atom. The summed E-state index contributed by atoms with van der Waals surface area (Å²) in [5, 5.41) is 0. The second kappa shape index (κ2) is 8.96. The molecule has 1 fully saturated rings. The van der Waals surface area contributed by atoms with E-state index in [1.807, 2.05) is 0 Å². The normalized spacial score (nSPS) is 35.0. The van der Waals surface area contributed by atoms with Crippen molar-refractivity contribution in [1.82, 2.24) is 4.90 Å². The van der Waals surface area contributed by atoms with E-state index in [-0.39, 0.29) is 0 Å². The van der Waals surface area contributed by atoms with Crippen molar-refractivity contribution < 1.29 is 0 Å². The highest BCUT2D eigenvalue weighted by Gasteiger charge is 2.21. The van der Waals surface area contributed by atoms with Crippen LogP contribution < -0.4 is 0 Å². The third kappa shape index (κ3) is 5.73. The lowest BCUT2D eigenvalue weighted by atomic mass is 9.85. The third-order valence-corrected chi connectivity index (χ3v) is 5.27. The van der Waals surface area contributed by atoms with Crippen LogP contribution in [0.3, 0.4) is 0 Å². The molecule has 1 nitrogen and oxygen atoms in total. The average Bonchev–Trinajstić information content (AvgIpc) is 2.37. The lowest BCUT2D eigenvalue weighted by Gasteiger charge is -2.33. The van der Waals surface area contributed by atoms with Crippen molar-refractivity contribution in [3.8, 4) is 0 Å². The van der Waals surface area contributed by atoms with E-state index in [1.54, 1.807) is 0 Å². The Labute approximate surface area is 115 Å². The van der Waals surface area contributed by atoms with Gasteiger partial charge < -0.3 is 4.90 Å². The Hall–Kier alpha value is -0.0400. The van der Waals surface area contributed by atoms with Gasteiger partial charge in [0.25, 0.3) is 0 Å². The molecule has 1 saturated heterocycles. The molecule has 1 aliphatic rings. The predicted octanol–water partition coefficient (Wildman–Crippen LogP) is 5.10. The Morgan fingerprint density at radius 3 is 1.83 bits per heavy atom. The molecule has 3 unspecified atom stereocenters. The van der Waals surface area contributed by atoms with Crippen molar-refractivity contribution in [2.75, 3.05) is 13.6 Å². The quantitative estimate of drug-likeness (QED) is 0.580. The van der Waals surface area contributed by atoms with Crippen molar-refractivity contribution >= 4 is 0 Å². The second-order valence-electron chi connectivity index (χ2n) is 6.67. The number of nitrogens with zero attached hydrogens (tertiary/aromatic N) is 1. The fourth-order valence-corrected chi connectivity index (χ4v) is 3.23. The SMILES string of the molecule is CC1CCCCCCCCCCN(C)C(C)C1C. The Bertz CT molecular complexity index is 180. The van der Waals surface area contributed by atoms with Crippen molar-refractivity contribution in [3.63, 3.8) is 0 Å². The summed E-state index contributed by atoms with van der Waals surface area (Å²) in [5.41, 5.74) is 0. The van der Waals surface area contributed by atoms with E-state index in [4.69, 9.17) is 0 Å². The lowest BCUT2D eigenvalue weighted by molar-refractivity contribution is 0.153. The van der Waals surface area contributed by atoms with Crippen molar-refractivity contribution in [1.29, 1.82) is 0 Å². The van der Waals surface area contributed by atoms with Crippen LogP contribution in [0.15, 0.2) is 0 Å². The molecule has 0 aromatic rings. The second-order valence-corrected chi connectivity index (χ2v) is 6.67. The van der Waals surface area contributed by atoms with Gasteiger partial charge in [0.05, 0.1) is 0 Å². The fourth-order valence-electron chi connectivity index (χ4n) is 3.23. The summed E-state index contributed by atoms with van der Waals surface area (Å²) in [6.45, 7) is 8.63. The highest BCUT2D eigenvalue weighted by atomic mass is 15.1. The van der Waals surface area contributed by atoms with Crippen LogP contribution in [0.5, 0.6) is 0 Å². The maximum absolute atomic E-state index is 2.59. The molecule has 0 bridgehead atoms. The summed E-state index contributed by atoms with van der Waals surface area (Å²) < 4.78 is 0. The molecule has 0 saturated carbocycles. The van der Waals surface area contributed by atoms with Crippen LogP contribution in [-0.2, 0) is 0 Å². The maximum Gasteiger partial charge on any atom is 0.00920 e. The van der Waals surface area contributed by atoms with E-state index in [2.05, 4.69) is 32.7 Å². The highest BCUT2D eigenvalue weighted by molar-refractivity contribution is 4.75. The zero-order valence-electron chi connectivity index (χ0n) is 13.3. The molecule has 0 amide bonds. The molecule has 0 N–H and O–H groups in total. The van der Waals surface area contributed by atoms with Gasteiger partial charge in [-0.1, -0.05) is 65.2 Å². The molecule has 1 heteroatoms. The van der Waals surface area contributed by atoms with E-state index < -0.39 is 0 Å². The third-order valence-electron chi connectivity index (χ3n) is 5.27. The molecule has 3 atom stereocenters. The molecule has 108 valence electrons. The summed E-state index contributed by atoms with van der Waals surface area (Å²) in [6.07, 6.45) is 13.0. The Kier molecular flexibility index (Phi) is 7.97. The smallest absolute Gasteiger partial charge is 0.00920 e. The summed E-state index contributed by atoms with van der Waals surface area (Å²) in [7, 11) is 2.32. The van der Waals surface area contributed by atoms with Gasteiger partial charge >= 0.3 is 0 Å². The van der Waals surface area contributed by atoms with Crippen LogP contribution in [-0.4, -0.2) is 24.5 Å². The van der Waals surface area contributed by atoms with Crippen LogP contribution >= 0.6 is 0 Å². The van der Waals surface area contributed by atoms with Crippen LogP contribution in [0.4, 0.5) is 0 Å². The van der Waals surface area contributed by atoms with Gasteiger partial charge in [0.15, 0.2) is 0 Å². The van der Waals surface area contributed by atoms with Crippen LogP contribution in [0.25, 0.3) is 0 Å². The molecule has 18 heavy (non-hydrogen) atoms. The molecule has 1 aliphatic heterocycles. The molecule has 0 aromatic heterocycles. The molecule has 1 rings (SSSR count). The van der Waals surface area contributed by atoms with Crippen LogP contribution in [0.1, 0.15) is 78.6 Å².